The van der Waals surface area contributed by atoms with Gasteiger partial charge in [0, 0.05) is 47.8 Å². The highest BCUT2D eigenvalue weighted by atomic mass is 15.4. The molecule has 1 saturated heterocycles. The van der Waals surface area contributed by atoms with Gasteiger partial charge in [0.2, 0.25) is 12.7 Å². The van der Waals surface area contributed by atoms with Gasteiger partial charge in [0.25, 0.3) is 0 Å². The first-order chi connectivity index (χ1) is 18.5. The maximum Gasteiger partial charge on any atom is 0.403 e. The molecule has 3 heterocycles. The lowest BCUT2D eigenvalue weighted by atomic mass is 10.2. The Bertz CT molecular complexity index is 1260. The number of azo groups is 2. The first-order valence-corrected chi connectivity index (χ1v) is 12.8. The molecule has 0 amide bonds. The van der Waals surface area contributed by atoms with Crippen molar-refractivity contribution in [2.45, 2.75) is 12.8 Å². The molecule has 0 atom stereocenters. The molecular weight excluding hydrogens is 480 g/mol. The van der Waals surface area contributed by atoms with Gasteiger partial charge in [0.05, 0.1) is 39.6 Å². The van der Waals surface area contributed by atoms with Crippen molar-refractivity contribution in [1.82, 2.24) is 19.6 Å². The van der Waals surface area contributed by atoms with E-state index in [0.717, 1.165) is 50.4 Å². The van der Waals surface area contributed by atoms with Gasteiger partial charge >= 0.3 is 11.9 Å². The average Bonchev–Trinajstić information content (AvgIpc) is 3.41. The Labute approximate surface area is 222 Å². The van der Waals surface area contributed by atoms with Crippen molar-refractivity contribution in [3.05, 3.63) is 61.2 Å². The molecule has 38 heavy (non-hydrogen) atoms. The zero-order valence-corrected chi connectivity index (χ0v) is 22.4. The summed E-state index contributed by atoms with van der Waals surface area (Å²) in [6.45, 7) is 4.04. The van der Waals surface area contributed by atoms with Crippen LogP contribution in [0.15, 0.2) is 81.6 Å². The van der Waals surface area contributed by atoms with Gasteiger partial charge in [-0.05, 0) is 71.6 Å². The molecule has 0 N–H and O–H groups in total. The van der Waals surface area contributed by atoms with Gasteiger partial charge in [-0.15, -0.1) is 9.36 Å². The highest BCUT2D eigenvalue weighted by Gasteiger charge is 2.16. The van der Waals surface area contributed by atoms with Gasteiger partial charge in [-0.3, -0.25) is 0 Å². The zero-order chi connectivity index (χ0) is 26.5. The molecule has 0 radical (unpaired) electrons. The molecule has 2 aromatic heterocycles. The minimum absolute atomic E-state index is 0.695. The first kappa shape index (κ1) is 25.2. The first-order valence-electron chi connectivity index (χ1n) is 12.8. The Kier molecular flexibility index (Phi) is 7.47. The lowest BCUT2D eigenvalue weighted by molar-refractivity contribution is -0.659. The molecule has 196 valence electrons. The third-order valence-electron chi connectivity index (χ3n) is 6.66. The monoisotopic (exact) mass is 514 g/mol. The fraction of sp³-hybridized carbons (Fsp3) is 0.385. The Balaban J connectivity index is 1.15. The Morgan fingerprint density at radius 2 is 0.947 bits per heavy atom. The number of benzene rings is 2. The van der Waals surface area contributed by atoms with Gasteiger partial charge in [-0.1, -0.05) is 10.2 Å². The molecule has 1 fully saturated rings. The molecule has 0 bridgehead atoms. The van der Waals surface area contributed by atoms with Crippen LogP contribution in [0.25, 0.3) is 0 Å². The number of hydrogen-bond donors (Lipinski definition) is 0. The molecule has 2 aromatic carbocycles. The number of aryl methyl sites for hydroxylation is 4. The van der Waals surface area contributed by atoms with Crippen molar-refractivity contribution >= 4 is 34.6 Å². The van der Waals surface area contributed by atoms with Crippen molar-refractivity contribution in [1.29, 1.82) is 0 Å². The second kappa shape index (κ2) is 11.3. The fourth-order valence-corrected chi connectivity index (χ4v) is 4.55. The molecule has 0 unspecified atom stereocenters. The van der Waals surface area contributed by atoms with Crippen molar-refractivity contribution in [3.8, 4) is 0 Å². The second-order valence-corrected chi connectivity index (χ2v) is 9.44. The summed E-state index contributed by atoms with van der Waals surface area (Å²) in [7, 11) is 7.51. The summed E-state index contributed by atoms with van der Waals surface area (Å²) in [5.41, 5.74) is 4.09. The minimum atomic E-state index is 0.695. The number of anilines is 2. The highest BCUT2D eigenvalue weighted by Crippen LogP contribution is 2.25. The van der Waals surface area contributed by atoms with E-state index in [0.29, 0.717) is 11.9 Å². The molecule has 5 rings (SSSR count). The van der Waals surface area contributed by atoms with Crippen LogP contribution in [-0.2, 0) is 28.2 Å². The molecule has 0 aliphatic carbocycles. The molecule has 1 aliphatic heterocycles. The predicted octanol–water partition coefficient (Wildman–Crippen LogP) is 3.74. The average molecular weight is 515 g/mol. The standard InChI is InChI=1S/C26H34N12/c1-33-19-27-35(3)25(33)31-29-21-7-11-23(12-8-21)37-15-5-17-38(18-6-16-37)24-13-9-22(10-14-24)30-32-26-34(2)20-28-36(26)4/h7-14,19-20H,5-6,15-18H2,1-4H3/q+2. The molecule has 12 nitrogen and oxygen atoms in total. The van der Waals surface area contributed by atoms with E-state index in [1.807, 2.05) is 61.6 Å². The molecule has 0 saturated carbocycles. The third kappa shape index (κ3) is 5.74. The smallest absolute Gasteiger partial charge is 0.371 e. The number of nitrogens with zero attached hydrogens (tertiary/aromatic N) is 12. The van der Waals surface area contributed by atoms with Crippen LogP contribution in [0.2, 0.25) is 0 Å². The van der Waals surface area contributed by atoms with Gasteiger partial charge in [0.1, 0.15) is 0 Å². The maximum atomic E-state index is 4.37. The van der Waals surface area contributed by atoms with Crippen LogP contribution in [0.1, 0.15) is 12.8 Å². The minimum Gasteiger partial charge on any atom is -0.371 e. The zero-order valence-electron chi connectivity index (χ0n) is 22.4. The lowest BCUT2D eigenvalue weighted by Gasteiger charge is -2.33. The summed E-state index contributed by atoms with van der Waals surface area (Å²) in [4.78, 5) is 4.92. The van der Waals surface area contributed by atoms with Crippen molar-refractivity contribution in [2.75, 3.05) is 36.0 Å². The van der Waals surface area contributed by atoms with E-state index in [1.54, 1.807) is 22.0 Å². The van der Waals surface area contributed by atoms with Crippen molar-refractivity contribution in [3.63, 3.8) is 0 Å². The van der Waals surface area contributed by atoms with E-state index in [4.69, 9.17) is 0 Å². The van der Waals surface area contributed by atoms with Crippen molar-refractivity contribution < 1.29 is 9.13 Å². The van der Waals surface area contributed by atoms with Crippen LogP contribution in [0.4, 0.5) is 34.6 Å². The van der Waals surface area contributed by atoms with E-state index in [2.05, 4.69) is 64.7 Å². The van der Waals surface area contributed by atoms with E-state index >= 15 is 0 Å². The summed E-state index contributed by atoms with van der Waals surface area (Å²) < 4.78 is 7.07. The molecule has 0 spiro atoms. The van der Waals surface area contributed by atoms with Crippen LogP contribution in [0.5, 0.6) is 0 Å². The summed E-state index contributed by atoms with van der Waals surface area (Å²) in [5, 5.41) is 25.8. The van der Waals surface area contributed by atoms with E-state index < -0.39 is 0 Å². The number of rotatable bonds is 6. The quantitative estimate of drug-likeness (QED) is 0.289. The SMILES string of the molecule is Cn1nc[n+](C)c1/N=N/c1ccc(N2CCCN(c3ccc(/N=N/c4n(C)nc[n+]4C)cc3)CCC2)cc1. The largest absolute Gasteiger partial charge is 0.403 e. The summed E-state index contributed by atoms with van der Waals surface area (Å²) >= 11 is 0. The summed E-state index contributed by atoms with van der Waals surface area (Å²) in [6.07, 6.45) is 5.59. The normalized spacial score (nSPS) is 14.9. The van der Waals surface area contributed by atoms with Crippen LogP contribution in [0.3, 0.4) is 0 Å². The van der Waals surface area contributed by atoms with Crippen LogP contribution in [0, 0.1) is 0 Å². The topological polar surface area (TPSA) is 99.3 Å². The summed E-state index contributed by atoms with van der Waals surface area (Å²) in [5.74, 6) is 1.39. The van der Waals surface area contributed by atoms with Crippen LogP contribution in [-0.4, -0.2) is 45.7 Å². The second-order valence-electron chi connectivity index (χ2n) is 9.44. The Morgan fingerprint density at radius 3 is 1.26 bits per heavy atom. The Morgan fingerprint density at radius 1 is 0.579 bits per heavy atom. The lowest BCUT2D eigenvalue weighted by Crippen LogP contribution is -2.36. The molecular formula is C26H34N12+2. The van der Waals surface area contributed by atoms with Crippen LogP contribution < -0.4 is 18.9 Å². The van der Waals surface area contributed by atoms with E-state index in [-0.39, 0.29) is 0 Å². The third-order valence-corrected chi connectivity index (χ3v) is 6.66. The van der Waals surface area contributed by atoms with Gasteiger partial charge in [-0.25, -0.2) is 9.13 Å². The number of hydrogen-bond acceptors (Lipinski definition) is 8. The molecule has 1 aliphatic rings. The Hall–Kier alpha value is -4.48. The number of aromatic nitrogens is 6. The van der Waals surface area contributed by atoms with Gasteiger partial charge in [-0.2, -0.15) is 0 Å². The van der Waals surface area contributed by atoms with Crippen molar-refractivity contribution in [2.24, 2.45) is 48.6 Å². The predicted molar refractivity (Wildman–Crippen MR) is 144 cm³/mol. The summed E-state index contributed by atoms with van der Waals surface area (Å²) in [6, 6.07) is 16.6. The molecule has 12 heteroatoms. The molecule has 4 aromatic rings. The van der Waals surface area contributed by atoms with Gasteiger partial charge < -0.3 is 9.80 Å². The van der Waals surface area contributed by atoms with E-state index in [9.17, 15) is 0 Å². The van der Waals surface area contributed by atoms with E-state index in [1.165, 1.54) is 11.4 Å². The maximum absolute atomic E-state index is 4.37. The fourth-order valence-electron chi connectivity index (χ4n) is 4.55. The highest BCUT2D eigenvalue weighted by molar-refractivity contribution is 5.54. The van der Waals surface area contributed by atoms with Gasteiger partial charge in [0.15, 0.2) is 0 Å². The van der Waals surface area contributed by atoms with Crippen LogP contribution >= 0.6 is 0 Å².